The van der Waals surface area contributed by atoms with Crippen LogP contribution in [0.2, 0.25) is 0 Å². The second-order valence-electron chi connectivity index (χ2n) is 8.97. The zero-order valence-corrected chi connectivity index (χ0v) is 18.9. The summed E-state index contributed by atoms with van der Waals surface area (Å²) >= 11 is 0. The lowest BCUT2D eigenvalue weighted by molar-refractivity contribution is -0.114. The Morgan fingerprint density at radius 1 is 0.935 bits per heavy atom. The van der Waals surface area contributed by atoms with Gasteiger partial charge >= 0.3 is 6.03 Å². The highest BCUT2D eigenvalue weighted by Gasteiger charge is 2.28. The van der Waals surface area contributed by atoms with Crippen molar-refractivity contribution in [3.8, 4) is 0 Å². The van der Waals surface area contributed by atoms with E-state index in [0.29, 0.717) is 63.7 Å². The number of hydrogen-bond donors (Lipinski definition) is 2. The van der Waals surface area contributed by atoms with E-state index in [1.54, 1.807) is 15.9 Å². The SMILES string of the molecule is CC(=O)Nc1ccc(N2CCN(C(=O)NC(C)(C)C)CC2)c(C(=O)N2CCOCC2)c1. The van der Waals surface area contributed by atoms with E-state index in [4.69, 9.17) is 4.74 Å². The number of morpholine rings is 1. The van der Waals surface area contributed by atoms with E-state index in [1.807, 2.05) is 32.9 Å². The van der Waals surface area contributed by atoms with Crippen LogP contribution in [0.5, 0.6) is 0 Å². The van der Waals surface area contributed by atoms with Crippen molar-refractivity contribution >= 4 is 29.2 Å². The average Bonchev–Trinajstić information content (AvgIpc) is 2.72. The number of nitrogens with one attached hydrogen (secondary N) is 2. The molecule has 0 unspecified atom stereocenters. The van der Waals surface area contributed by atoms with Gasteiger partial charge in [0, 0.05) is 63.1 Å². The van der Waals surface area contributed by atoms with Crippen molar-refractivity contribution in [1.82, 2.24) is 15.1 Å². The molecule has 2 heterocycles. The van der Waals surface area contributed by atoms with Crippen LogP contribution in [0.15, 0.2) is 18.2 Å². The van der Waals surface area contributed by atoms with Crippen molar-refractivity contribution in [3.63, 3.8) is 0 Å². The number of rotatable bonds is 3. The van der Waals surface area contributed by atoms with Crippen LogP contribution in [0.4, 0.5) is 16.2 Å². The minimum Gasteiger partial charge on any atom is -0.378 e. The number of ether oxygens (including phenoxy) is 1. The molecule has 31 heavy (non-hydrogen) atoms. The van der Waals surface area contributed by atoms with E-state index in [-0.39, 0.29) is 23.4 Å². The van der Waals surface area contributed by atoms with Crippen LogP contribution in [-0.2, 0) is 9.53 Å². The Hall–Kier alpha value is -2.81. The van der Waals surface area contributed by atoms with Gasteiger partial charge in [-0.2, -0.15) is 0 Å². The molecule has 0 aliphatic carbocycles. The third-order valence-electron chi connectivity index (χ3n) is 5.24. The molecule has 2 N–H and O–H groups in total. The van der Waals surface area contributed by atoms with E-state index >= 15 is 0 Å². The quantitative estimate of drug-likeness (QED) is 0.761. The molecule has 0 aromatic heterocycles. The smallest absolute Gasteiger partial charge is 0.317 e. The van der Waals surface area contributed by atoms with E-state index in [1.165, 1.54) is 6.92 Å². The summed E-state index contributed by atoms with van der Waals surface area (Å²) in [6.07, 6.45) is 0. The summed E-state index contributed by atoms with van der Waals surface area (Å²) in [7, 11) is 0. The second-order valence-corrected chi connectivity index (χ2v) is 8.97. The number of benzene rings is 1. The van der Waals surface area contributed by atoms with Crippen LogP contribution in [-0.4, -0.2) is 85.7 Å². The lowest BCUT2D eigenvalue weighted by atomic mass is 10.1. The Bertz CT molecular complexity index is 822. The maximum atomic E-state index is 13.3. The molecule has 2 fully saturated rings. The van der Waals surface area contributed by atoms with Crippen LogP contribution in [0.3, 0.4) is 0 Å². The van der Waals surface area contributed by atoms with E-state index in [2.05, 4.69) is 15.5 Å². The predicted octanol–water partition coefficient (Wildman–Crippen LogP) is 1.75. The van der Waals surface area contributed by atoms with E-state index in [0.717, 1.165) is 5.69 Å². The number of amides is 4. The molecule has 1 aromatic carbocycles. The van der Waals surface area contributed by atoms with Crippen LogP contribution < -0.4 is 15.5 Å². The van der Waals surface area contributed by atoms with Gasteiger partial charge in [-0.1, -0.05) is 0 Å². The fraction of sp³-hybridized carbons (Fsp3) is 0.591. The molecule has 2 aliphatic rings. The molecule has 0 radical (unpaired) electrons. The van der Waals surface area contributed by atoms with Gasteiger partial charge in [-0.15, -0.1) is 0 Å². The monoisotopic (exact) mass is 431 g/mol. The highest BCUT2D eigenvalue weighted by molar-refractivity contribution is 6.02. The molecule has 9 heteroatoms. The first kappa shape index (κ1) is 22.9. The summed E-state index contributed by atoms with van der Waals surface area (Å²) in [5, 5.41) is 5.76. The largest absolute Gasteiger partial charge is 0.378 e. The molecule has 0 saturated carbocycles. The number of urea groups is 1. The Morgan fingerprint density at radius 3 is 2.16 bits per heavy atom. The van der Waals surface area contributed by atoms with Gasteiger partial charge < -0.3 is 30.1 Å². The van der Waals surface area contributed by atoms with Crippen molar-refractivity contribution in [3.05, 3.63) is 23.8 Å². The lowest BCUT2D eigenvalue weighted by Gasteiger charge is -2.38. The summed E-state index contributed by atoms with van der Waals surface area (Å²) in [6, 6.07) is 5.36. The molecular formula is C22H33N5O4. The van der Waals surface area contributed by atoms with Gasteiger partial charge in [0.05, 0.1) is 18.8 Å². The van der Waals surface area contributed by atoms with Gasteiger partial charge in [-0.3, -0.25) is 9.59 Å². The van der Waals surface area contributed by atoms with Crippen molar-refractivity contribution in [2.24, 2.45) is 0 Å². The number of anilines is 2. The number of carbonyl (C=O) groups is 3. The van der Waals surface area contributed by atoms with Crippen molar-refractivity contribution in [2.45, 2.75) is 33.2 Å². The maximum absolute atomic E-state index is 13.3. The first-order valence-electron chi connectivity index (χ1n) is 10.7. The first-order chi connectivity index (χ1) is 14.6. The molecule has 4 amide bonds. The number of carbonyl (C=O) groups excluding carboxylic acids is 3. The van der Waals surface area contributed by atoms with Gasteiger partial charge in [0.15, 0.2) is 0 Å². The van der Waals surface area contributed by atoms with Crippen molar-refractivity contribution in [2.75, 3.05) is 62.7 Å². The zero-order valence-electron chi connectivity index (χ0n) is 18.9. The Labute approximate surface area is 183 Å². The van der Waals surface area contributed by atoms with Crippen molar-refractivity contribution in [1.29, 1.82) is 0 Å². The summed E-state index contributed by atoms with van der Waals surface area (Å²) in [6.45, 7) is 11.8. The molecule has 170 valence electrons. The second kappa shape index (κ2) is 9.55. The third kappa shape index (κ3) is 6.10. The van der Waals surface area contributed by atoms with Crippen molar-refractivity contribution < 1.29 is 19.1 Å². The minimum atomic E-state index is -0.286. The molecule has 0 spiro atoms. The van der Waals surface area contributed by atoms with Gasteiger partial charge in [-0.25, -0.2) is 4.79 Å². The Morgan fingerprint density at radius 2 is 1.58 bits per heavy atom. The van der Waals surface area contributed by atoms with Gasteiger partial charge in [0.25, 0.3) is 5.91 Å². The predicted molar refractivity (Wildman–Crippen MR) is 120 cm³/mol. The Kier molecular flexibility index (Phi) is 7.04. The fourth-order valence-electron chi connectivity index (χ4n) is 3.75. The Balaban J connectivity index is 1.78. The first-order valence-corrected chi connectivity index (χ1v) is 10.7. The lowest BCUT2D eigenvalue weighted by Crippen LogP contribution is -2.55. The van der Waals surface area contributed by atoms with E-state index < -0.39 is 0 Å². The summed E-state index contributed by atoms with van der Waals surface area (Å²) in [4.78, 5) is 43.0. The van der Waals surface area contributed by atoms with E-state index in [9.17, 15) is 14.4 Å². The topological polar surface area (TPSA) is 94.2 Å². The normalized spacial score (nSPS) is 17.4. The minimum absolute atomic E-state index is 0.0709. The highest BCUT2D eigenvalue weighted by atomic mass is 16.5. The number of hydrogen-bond acceptors (Lipinski definition) is 5. The van der Waals surface area contributed by atoms with Crippen LogP contribution in [0.1, 0.15) is 38.1 Å². The fourth-order valence-corrected chi connectivity index (χ4v) is 3.75. The zero-order chi connectivity index (χ0) is 22.6. The van der Waals surface area contributed by atoms with Gasteiger partial charge in [-0.05, 0) is 39.0 Å². The third-order valence-corrected chi connectivity index (χ3v) is 5.24. The average molecular weight is 432 g/mol. The molecule has 9 nitrogen and oxygen atoms in total. The van der Waals surface area contributed by atoms with Crippen LogP contribution >= 0.6 is 0 Å². The van der Waals surface area contributed by atoms with Crippen LogP contribution in [0, 0.1) is 0 Å². The molecule has 3 rings (SSSR count). The van der Waals surface area contributed by atoms with Gasteiger partial charge in [0.2, 0.25) is 5.91 Å². The summed E-state index contributed by atoms with van der Waals surface area (Å²) < 4.78 is 5.37. The number of piperazine rings is 1. The summed E-state index contributed by atoms with van der Waals surface area (Å²) in [5.74, 6) is -0.255. The van der Waals surface area contributed by atoms with Crippen LogP contribution in [0.25, 0.3) is 0 Å². The molecule has 2 aliphatic heterocycles. The van der Waals surface area contributed by atoms with Gasteiger partial charge in [0.1, 0.15) is 0 Å². The highest BCUT2D eigenvalue weighted by Crippen LogP contribution is 2.27. The molecular weight excluding hydrogens is 398 g/mol. The molecule has 2 saturated heterocycles. The number of nitrogens with zero attached hydrogens (tertiary/aromatic N) is 3. The molecule has 0 atom stereocenters. The molecule has 0 bridgehead atoms. The maximum Gasteiger partial charge on any atom is 0.317 e. The summed E-state index contributed by atoms with van der Waals surface area (Å²) in [5.41, 5.74) is 1.68. The standard InChI is InChI=1S/C22H33N5O4/c1-16(28)23-17-5-6-19(18(15-17)20(29)26-11-13-31-14-12-26)25-7-9-27(10-8-25)21(30)24-22(2,3)4/h5-6,15H,7-14H2,1-4H3,(H,23,28)(H,24,30). The molecule has 1 aromatic rings.